The number of pyridine rings is 1. The number of benzene rings is 1. The molecule has 2 heterocycles. The molecule has 0 N–H and O–H groups in total. The van der Waals surface area contributed by atoms with Crippen LogP contribution in [-0.4, -0.2) is 28.9 Å². The number of likely N-dealkylation sites (tertiary alicyclic amines) is 1. The third-order valence-corrected chi connectivity index (χ3v) is 3.97. The molecule has 0 bridgehead atoms. The van der Waals surface area contributed by atoms with Crippen molar-refractivity contribution in [2.45, 2.75) is 25.8 Å². The highest BCUT2D eigenvalue weighted by Crippen LogP contribution is 2.33. The number of hydrogen-bond donors (Lipinski definition) is 0. The normalized spacial score (nSPS) is 17.5. The van der Waals surface area contributed by atoms with Crippen molar-refractivity contribution in [3.05, 3.63) is 59.9 Å². The van der Waals surface area contributed by atoms with Crippen molar-refractivity contribution >= 4 is 5.91 Å². The lowest BCUT2D eigenvalue weighted by Crippen LogP contribution is -2.31. The smallest absolute Gasteiger partial charge is 0.272 e. The van der Waals surface area contributed by atoms with E-state index in [0.29, 0.717) is 12.3 Å². The van der Waals surface area contributed by atoms with E-state index < -0.39 is 0 Å². The van der Waals surface area contributed by atoms with Crippen molar-refractivity contribution in [3.8, 4) is 5.75 Å². The quantitative estimate of drug-likeness (QED) is 0.867. The van der Waals surface area contributed by atoms with Gasteiger partial charge >= 0.3 is 0 Å². The molecule has 1 aromatic carbocycles. The van der Waals surface area contributed by atoms with Crippen LogP contribution in [0.5, 0.6) is 5.75 Å². The fraction of sp³-hybridized carbons (Fsp3) is 0.333. The van der Waals surface area contributed by atoms with Gasteiger partial charge in [0.1, 0.15) is 11.4 Å². The maximum Gasteiger partial charge on any atom is 0.272 e. The predicted molar refractivity (Wildman–Crippen MR) is 84.9 cm³/mol. The Hall–Kier alpha value is -2.36. The Morgan fingerprint density at radius 2 is 2.09 bits per heavy atom. The first-order chi connectivity index (χ1) is 10.8. The molecule has 0 spiro atoms. The zero-order valence-corrected chi connectivity index (χ0v) is 12.7. The van der Waals surface area contributed by atoms with Crippen LogP contribution in [0.4, 0.5) is 0 Å². The highest BCUT2D eigenvalue weighted by molar-refractivity contribution is 5.92. The fourth-order valence-electron chi connectivity index (χ4n) is 2.95. The second kappa shape index (κ2) is 6.60. The van der Waals surface area contributed by atoms with Crippen molar-refractivity contribution in [2.24, 2.45) is 0 Å². The molecule has 4 heteroatoms. The molecular weight excluding hydrogens is 276 g/mol. The lowest BCUT2D eigenvalue weighted by Gasteiger charge is -2.25. The van der Waals surface area contributed by atoms with E-state index in [1.165, 1.54) is 0 Å². The number of aromatic nitrogens is 1. The lowest BCUT2D eigenvalue weighted by molar-refractivity contribution is 0.0729. The fourth-order valence-corrected chi connectivity index (χ4v) is 2.95. The van der Waals surface area contributed by atoms with Gasteiger partial charge in [0.05, 0.1) is 12.6 Å². The van der Waals surface area contributed by atoms with Crippen LogP contribution in [0.1, 0.15) is 41.9 Å². The van der Waals surface area contributed by atoms with Gasteiger partial charge in [-0.3, -0.25) is 9.78 Å². The van der Waals surface area contributed by atoms with E-state index in [1.54, 1.807) is 12.3 Å². The van der Waals surface area contributed by atoms with Crippen LogP contribution in [-0.2, 0) is 0 Å². The van der Waals surface area contributed by atoms with E-state index in [0.717, 1.165) is 30.7 Å². The monoisotopic (exact) mass is 296 g/mol. The molecule has 0 unspecified atom stereocenters. The zero-order chi connectivity index (χ0) is 15.4. The molecule has 1 aliphatic heterocycles. The second-order valence-corrected chi connectivity index (χ2v) is 5.37. The molecular formula is C18H20N2O2. The summed E-state index contributed by atoms with van der Waals surface area (Å²) in [5, 5.41) is 0. The number of carbonyl (C=O) groups is 1. The zero-order valence-electron chi connectivity index (χ0n) is 12.7. The van der Waals surface area contributed by atoms with Gasteiger partial charge in [0.25, 0.3) is 5.91 Å². The van der Waals surface area contributed by atoms with Crippen LogP contribution in [0.25, 0.3) is 0 Å². The first-order valence-electron chi connectivity index (χ1n) is 7.74. The third kappa shape index (κ3) is 2.96. The number of ether oxygens (including phenoxy) is 1. The largest absolute Gasteiger partial charge is 0.494 e. The Balaban J connectivity index is 1.79. The number of nitrogens with zero attached hydrogens (tertiary/aromatic N) is 2. The number of carbonyl (C=O) groups excluding carboxylic acids is 1. The second-order valence-electron chi connectivity index (χ2n) is 5.37. The Morgan fingerprint density at radius 1 is 1.27 bits per heavy atom. The molecule has 2 aromatic rings. The minimum absolute atomic E-state index is 0.0111. The van der Waals surface area contributed by atoms with Crippen LogP contribution >= 0.6 is 0 Å². The molecule has 3 rings (SSSR count). The molecule has 4 nitrogen and oxygen atoms in total. The van der Waals surface area contributed by atoms with Gasteiger partial charge in [-0.1, -0.05) is 18.2 Å². The molecule has 0 radical (unpaired) electrons. The summed E-state index contributed by atoms with van der Waals surface area (Å²) < 4.78 is 5.48. The number of amides is 1. The summed E-state index contributed by atoms with van der Waals surface area (Å²) in [5.74, 6) is 0.879. The highest BCUT2D eigenvalue weighted by atomic mass is 16.5. The molecule has 0 aliphatic carbocycles. The molecule has 1 fully saturated rings. The molecule has 1 saturated heterocycles. The summed E-state index contributed by atoms with van der Waals surface area (Å²) >= 11 is 0. The SMILES string of the molecule is CCOc1ccc([C@@H]2CCCN2C(=O)c2ccccn2)cc1. The van der Waals surface area contributed by atoms with Crippen LogP contribution in [0, 0.1) is 0 Å². The standard InChI is InChI=1S/C18H20N2O2/c1-2-22-15-10-8-14(9-11-15)17-7-5-13-20(17)18(21)16-6-3-4-12-19-16/h3-4,6,8-12,17H,2,5,7,13H2,1H3/t17-/m0/s1. The van der Waals surface area contributed by atoms with Gasteiger partial charge in [0.15, 0.2) is 0 Å². The Kier molecular flexibility index (Phi) is 4.37. The van der Waals surface area contributed by atoms with Crippen LogP contribution in [0.15, 0.2) is 48.7 Å². The van der Waals surface area contributed by atoms with Gasteiger partial charge in [0, 0.05) is 12.7 Å². The van der Waals surface area contributed by atoms with Crippen LogP contribution < -0.4 is 4.74 Å². The molecule has 22 heavy (non-hydrogen) atoms. The maximum atomic E-state index is 12.6. The highest BCUT2D eigenvalue weighted by Gasteiger charge is 2.31. The van der Waals surface area contributed by atoms with Crippen LogP contribution in [0.2, 0.25) is 0 Å². The summed E-state index contributed by atoms with van der Waals surface area (Å²) in [6.07, 6.45) is 3.68. The molecule has 1 aliphatic rings. The van der Waals surface area contributed by atoms with Crippen molar-refractivity contribution in [2.75, 3.05) is 13.2 Å². The third-order valence-electron chi connectivity index (χ3n) is 3.97. The summed E-state index contributed by atoms with van der Waals surface area (Å²) in [4.78, 5) is 18.7. The molecule has 0 saturated carbocycles. The van der Waals surface area contributed by atoms with Crippen molar-refractivity contribution in [1.82, 2.24) is 9.88 Å². The predicted octanol–water partition coefficient (Wildman–Crippen LogP) is 3.46. The Labute approximate surface area is 130 Å². The van der Waals surface area contributed by atoms with E-state index in [-0.39, 0.29) is 11.9 Å². The Morgan fingerprint density at radius 3 is 2.77 bits per heavy atom. The average Bonchev–Trinajstić information content (AvgIpc) is 3.05. The van der Waals surface area contributed by atoms with Gasteiger partial charge in [-0.2, -0.15) is 0 Å². The van der Waals surface area contributed by atoms with Gasteiger partial charge in [0.2, 0.25) is 0 Å². The Bertz CT molecular complexity index is 625. The minimum Gasteiger partial charge on any atom is -0.494 e. The number of rotatable bonds is 4. The van der Waals surface area contributed by atoms with E-state index in [4.69, 9.17) is 4.74 Å². The van der Waals surface area contributed by atoms with Crippen molar-refractivity contribution < 1.29 is 9.53 Å². The first-order valence-corrected chi connectivity index (χ1v) is 7.74. The molecule has 1 aromatic heterocycles. The molecule has 1 atom stereocenters. The van der Waals surface area contributed by atoms with Gasteiger partial charge in [-0.05, 0) is 49.6 Å². The van der Waals surface area contributed by atoms with Gasteiger partial charge < -0.3 is 9.64 Å². The molecule has 114 valence electrons. The summed E-state index contributed by atoms with van der Waals surface area (Å²) in [5.41, 5.74) is 1.67. The lowest BCUT2D eigenvalue weighted by atomic mass is 10.0. The minimum atomic E-state index is 0.0111. The van der Waals surface area contributed by atoms with Crippen molar-refractivity contribution in [3.63, 3.8) is 0 Å². The summed E-state index contributed by atoms with van der Waals surface area (Å²) in [6.45, 7) is 3.42. The topological polar surface area (TPSA) is 42.4 Å². The average molecular weight is 296 g/mol. The van der Waals surface area contributed by atoms with Gasteiger partial charge in [-0.15, -0.1) is 0 Å². The molecule has 1 amide bonds. The number of hydrogen-bond acceptors (Lipinski definition) is 3. The van der Waals surface area contributed by atoms with Crippen molar-refractivity contribution in [1.29, 1.82) is 0 Å². The van der Waals surface area contributed by atoms with Gasteiger partial charge in [-0.25, -0.2) is 0 Å². The van der Waals surface area contributed by atoms with Crippen LogP contribution in [0.3, 0.4) is 0 Å². The first kappa shape index (κ1) is 14.6. The summed E-state index contributed by atoms with van der Waals surface area (Å²) in [7, 11) is 0. The maximum absolute atomic E-state index is 12.6. The summed E-state index contributed by atoms with van der Waals surface area (Å²) in [6, 6.07) is 13.6. The van der Waals surface area contributed by atoms with E-state index in [1.807, 2.05) is 36.1 Å². The van der Waals surface area contributed by atoms with E-state index >= 15 is 0 Å². The van der Waals surface area contributed by atoms with E-state index in [2.05, 4.69) is 17.1 Å². The van der Waals surface area contributed by atoms with E-state index in [9.17, 15) is 4.79 Å².